The molecule has 0 aliphatic heterocycles. The van der Waals surface area contributed by atoms with E-state index < -0.39 is 6.04 Å². The molecule has 0 saturated heterocycles. The highest BCUT2D eigenvalue weighted by Gasteiger charge is 2.26. The number of halogens is 1. The average molecular weight is 405 g/mol. The van der Waals surface area contributed by atoms with Gasteiger partial charge in [0.1, 0.15) is 17.5 Å². The Morgan fingerprint density at radius 1 is 1.14 bits per heavy atom. The number of hydrogen-bond acceptors (Lipinski definition) is 4. The van der Waals surface area contributed by atoms with Crippen LogP contribution in [-0.4, -0.2) is 43.0 Å². The Labute approximate surface area is 170 Å². The Kier molecular flexibility index (Phi) is 8.14. The van der Waals surface area contributed by atoms with Gasteiger partial charge in [0.05, 0.1) is 7.11 Å². The third kappa shape index (κ3) is 6.16. The van der Waals surface area contributed by atoms with Gasteiger partial charge >= 0.3 is 0 Å². The van der Waals surface area contributed by atoms with E-state index >= 15 is 0 Å². The number of nitrogens with one attached hydrogen (secondary N) is 1. The zero-order valence-electron chi connectivity index (χ0n) is 16.3. The average Bonchev–Trinajstić information content (AvgIpc) is 2.70. The number of rotatable bonds is 9. The highest BCUT2D eigenvalue weighted by molar-refractivity contribution is 6.30. The number of carbonyl (C=O) groups excluding carboxylic acids is 2. The van der Waals surface area contributed by atoms with Crippen LogP contribution in [0.3, 0.4) is 0 Å². The molecule has 0 saturated carbocycles. The second-order valence-corrected chi connectivity index (χ2v) is 6.62. The van der Waals surface area contributed by atoms with Crippen LogP contribution < -0.4 is 14.8 Å². The summed E-state index contributed by atoms with van der Waals surface area (Å²) in [6.07, 6.45) is 0. The Balaban J connectivity index is 2.13. The number of nitrogens with zero attached hydrogens (tertiary/aromatic N) is 1. The van der Waals surface area contributed by atoms with Gasteiger partial charge in [-0.05, 0) is 49.7 Å². The molecule has 0 aliphatic carbocycles. The first-order valence-corrected chi connectivity index (χ1v) is 9.40. The number of carbonyl (C=O) groups is 2. The summed E-state index contributed by atoms with van der Waals surface area (Å²) in [6, 6.07) is 13.5. The maximum atomic E-state index is 12.8. The predicted molar refractivity (Wildman–Crippen MR) is 109 cm³/mol. The van der Waals surface area contributed by atoms with Crippen LogP contribution in [0, 0.1) is 0 Å². The molecule has 7 heteroatoms. The molecule has 1 N–H and O–H groups in total. The van der Waals surface area contributed by atoms with Gasteiger partial charge in [0, 0.05) is 18.1 Å². The van der Waals surface area contributed by atoms with Gasteiger partial charge in [-0.25, -0.2) is 0 Å². The zero-order chi connectivity index (χ0) is 20.5. The van der Waals surface area contributed by atoms with Gasteiger partial charge < -0.3 is 19.7 Å². The van der Waals surface area contributed by atoms with Crippen molar-refractivity contribution in [3.63, 3.8) is 0 Å². The molecule has 6 nitrogen and oxygen atoms in total. The third-order valence-corrected chi connectivity index (χ3v) is 4.42. The van der Waals surface area contributed by atoms with E-state index in [0.717, 1.165) is 11.3 Å². The molecule has 28 heavy (non-hydrogen) atoms. The Bertz CT molecular complexity index is 795. The van der Waals surface area contributed by atoms with Crippen molar-refractivity contribution in [2.75, 3.05) is 20.3 Å². The van der Waals surface area contributed by atoms with Crippen LogP contribution in [0.2, 0.25) is 5.02 Å². The Morgan fingerprint density at radius 3 is 2.46 bits per heavy atom. The van der Waals surface area contributed by atoms with Gasteiger partial charge in [0.15, 0.2) is 6.61 Å². The lowest BCUT2D eigenvalue weighted by atomic mass is 10.1. The van der Waals surface area contributed by atoms with E-state index in [1.165, 1.54) is 4.90 Å². The summed E-state index contributed by atoms with van der Waals surface area (Å²) in [4.78, 5) is 26.7. The van der Waals surface area contributed by atoms with E-state index in [-0.39, 0.29) is 25.0 Å². The molecule has 1 atom stereocenters. The summed E-state index contributed by atoms with van der Waals surface area (Å²) >= 11 is 5.94. The van der Waals surface area contributed by atoms with Crippen molar-refractivity contribution >= 4 is 23.4 Å². The first kappa shape index (κ1) is 21.6. The Morgan fingerprint density at radius 2 is 1.86 bits per heavy atom. The zero-order valence-corrected chi connectivity index (χ0v) is 17.0. The van der Waals surface area contributed by atoms with E-state index in [2.05, 4.69) is 5.32 Å². The normalized spacial score (nSPS) is 11.4. The van der Waals surface area contributed by atoms with E-state index in [1.54, 1.807) is 38.3 Å². The maximum Gasteiger partial charge on any atom is 0.261 e. The summed E-state index contributed by atoms with van der Waals surface area (Å²) in [6.45, 7) is 4.11. The number of ether oxygens (including phenoxy) is 2. The Hall–Kier alpha value is -2.73. The third-order valence-electron chi connectivity index (χ3n) is 4.19. The van der Waals surface area contributed by atoms with Crippen LogP contribution in [0.5, 0.6) is 11.5 Å². The second-order valence-electron chi connectivity index (χ2n) is 6.19. The van der Waals surface area contributed by atoms with Gasteiger partial charge in [-0.15, -0.1) is 0 Å². The number of hydrogen-bond donors (Lipinski definition) is 1. The van der Waals surface area contributed by atoms with Crippen LogP contribution in [0.4, 0.5) is 0 Å². The highest BCUT2D eigenvalue weighted by atomic mass is 35.5. The summed E-state index contributed by atoms with van der Waals surface area (Å²) < 4.78 is 10.7. The van der Waals surface area contributed by atoms with E-state index in [4.69, 9.17) is 21.1 Å². The monoisotopic (exact) mass is 404 g/mol. The van der Waals surface area contributed by atoms with Gasteiger partial charge in [-0.3, -0.25) is 9.59 Å². The fourth-order valence-electron chi connectivity index (χ4n) is 2.62. The molecular formula is C21H25ClN2O4. The first-order chi connectivity index (χ1) is 13.4. The first-order valence-electron chi connectivity index (χ1n) is 9.03. The van der Waals surface area contributed by atoms with Crippen molar-refractivity contribution in [2.45, 2.75) is 26.4 Å². The van der Waals surface area contributed by atoms with E-state index in [0.29, 0.717) is 17.3 Å². The van der Waals surface area contributed by atoms with Crippen LogP contribution in [0.1, 0.15) is 19.4 Å². The van der Waals surface area contributed by atoms with Crippen LogP contribution in [0.15, 0.2) is 48.5 Å². The molecule has 0 heterocycles. The van der Waals surface area contributed by atoms with E-state index in [1.807, 2.05) is 31.2 Å². The topological polar surface area (TPSA) is 67.9 Å². The summed E-state index contributed by atoms with van der Waals surface area (Å²) in [5.41, 5.74) is 0.882. The molecule has 150 valence electrons. The standard InChI is InChI=1S/C21H25ClN2O4/c1-4-23-21(26)15(2)24(13-16-8-10-18(27-3)11-9-16)20(25)14-28-19-7-5-6-17(22)12-19/h5-12,15H,4,13-14H2,1-3H3,(H,23,26)/t15-/m0/s1. The molecule has 0 aliphatic rings. The van der Waals surface area contributed by atoms with E-state index in [9.17, 15) is 9.59 Å². The lowest BCUT2D eigenvalue weighted by Gasteiger charge is -2.28. The molecule has 2 amide bonds. The smallest absolute Gasteiger partial charge is 0.261 e. The van der Waals surface area contributed by atoms with Crippen LogP contribution in [0.25, 0.3) is 0 Å². The van der Waals surface area contributed by atoms with Gasteiger partial charge in [0.25, 0.3) is 5.91 Å². The maximum absolute atomic E-state index is 12.8. The summed E-state index contributed by atoms with van der Waals surface area (Å²) in [5, 5.41) is 3.28. The van der Waals surface area contributed by atoms with Crippen molar-refractivity contribution in [3.8, 4) is 11.5 Å². The SMILES string of the molecule is CCNC(=O)[C@H](C)N(Cc1ccc(OC)cc1)C(=O)COc1cccc(Cl)c1. The molecular weight excluding hydrogens is 380 g/mol. The number of benzene rings is 2. The molecule has 2 rings (SSSR count). The lowest BCUT2D eigenvalue weighted by Crippen LogP contribution is -2.49. The quantitative estimate of drug-likeness (QED) is 0.696. The second kappa shape index (κ2) is 10.6. The summed E-state index contributed by atoms with van der Waals surface area (Å²) in [7, 11) is 1.59. The minimum absolute atomic E-state index is 0.194. The van der Waals surface area contributed by atoms with Crippen LogP contribution in [-0.2, 0) is 16.1 Å². The molecule has 2 aromatic rings. The number of likely N-dealkylation sites (N-methyl/N-ethyl adjacent to an activating group) is 1. The minimum Gasteiger partial charge on any atom is -0.497 e. The molecule has 0 aromatic heterocycles. The molecule has 0 spiro atoms. The summed E-state index contributed by atoms with van der Waals surface area (Å²) in [5.74, 6) is 0.709. The molecule has 0 fully saturated rings. The van der Waals surface area contributed by atoms with Crippen molar-refractivity contribution in [2.24, 2.45) is 0 Å². The fraction of sp³-hybridized carbons (Fsp3) is 0.333. The number of amides is 2. The van der Waals surface area contributed by atoms with Crippen molar-refractivity contribution in [1.82, 2.24) is 10.2 Å². The molecule has 0 radical (unpaired) electrons. The predicted octanol–water partition coefficient (Wildman–Crippen LogP) is 3.28. The molecule has 2 aromatic carbocycles. The number of methoxy groups -OCH3 is 1. The lowest BCUT2D eigenvalue weighted by molar-refractivity contribution is -0.142. The highest BCUT2D eigenvalue weighted by Crippen LogP contribution is 2.18. The van der Waals surface area contributed by atoms with Crippen molar-refractivity contribution in [1.29, 1.82) is 0 Å². The van der Waals surface area contributed by atoms with Gasteiger partial charge in [-0.1, -0.05) is 29.8 Å². The van der Waals surface area contributed by atoms with Gasteiger partial charge in [-0.2, -0.15) is 0 Å². The minimum atomic E-state index is -0.641. The fourth-order valence-corrected chi connectivity index (χ4v) is 2.80. The van der Waals surface area contributed by atoms with Crippen molar-refractivity contribution in [3.05, 3.63) is 59.1 Å². The largest absolute Gasteiger partial charge is 0.497 e. The molecule has 0 unspecified atom stereocenters. The molecule has 0 bridgehead atoms. The van der Waals surface area contributed by atoms with Gasteiger partial charge in [0.2, 0.25) is 5.91 Å². The van der Waals surface area contributed by atoms with Crippen molar-refractivity contribution < 1.29 is 19.1 Å². The van der Waals surface area contributed by atoms with Crippen LogP contribution >= 0.6 is 11.6 Å².